The molecular formula is C15H14BrClN2O3S. The van der Waals surface area contributed by atoms with Crippen molar-refractivity contribution < 1.29 is 14.3 Å². The lowest BCUT2D eigenvalue weighted by molar-refractivity contribution is -0.0405. The van der Waals surface area contributed by atoms with Crippen LogP contribution in [0.4, 0.5) is 0 Å². The maximum atomic E-state index is 12.5. The third-order valence-electron chi connectivity index (χ3n) is 3.33. The van der Waals surface area contributed by atoms with Gasteiger partial charge in [0.1, 0.15) is 12.7 Å². The van der Waals surface area contributed by atoms with Crippen molar-refractivity contribution in [3.63, 3.8) is 0 Å². The molecule has 1 amide bonds. The largest absolute Gasteiger partial charge is 0.475 e. The van der Waals surface area contributed by atoms with Gasteiger partial charge in [-0.3, -0.25) is 4.79 Å². The highest BCUT2D eigenvalue weighted by atomic mass is 79.9. The van der Waals surface area contributed by atoms with E-state index in [1.165, 1.54) is 17.5 Å². The minimum Gasteiger partial charge on any atom is -0.475 e. The van der Waals surface area contributed by atoms with Gasteiger partial charge in [0.25, 0.3) is 5.91 Å². The predicted octanol–water partition coefficient (Wildman–Crippen LogP) is 3.48. The summed E-state index contributed by atoms with van der Waals surface area (Å²) in [6.07, 6.45) is 1.36. The smallest absolute Gasteiger partial charge is 0.264 e. The summed E-state index contributed by atoms with van der Waals surface area (Å²) in [6.45, 7) is 1.93. The molecule has 0 N–H and O–H groups in total. The number of nitrogens with zero attached hydrogens (tertiary/aromatic N) is 2. The highest BCUT2D eigenvalue weighted by Crippen LogP contribution is 2.24. The van der Waals surface area contributed by atoms with Crippen LogP contribution in [-0.4, -0.2) is 48.2 Å². The van der Waals surface area contributed by atoms with Crippen LogP contribution in [0, 0.1) is 0 Å². The van der Waals surface area contributed by atoms with Gasteiger partial charge < -0.3 is 14.4 Å². The number of rotatable bonds is 4. The second-order valence-electron chi connectivity index (χ2n) is 4.97. The SMILES string of the molecule is O=C(c1ccc(Br)s1)N1CCOC(COc2ccc(Cl)cn2)C1. The molecule has 0 bridgehead atoms. The third kappa shape index (κ3) is 4.44. The van der Waals surface area contributed by atoms with Gasteiger partial charge in [0.15, 0.2) is 0 Å². The average molecular weight is 418 g/mol. The van der Waals surface area contributed by atoms with Crippen molar-refractivity contribution in [2.24, 2.45) is 0 Å². The zero-order valence-electron chi connectivity index (χ0n) is 12.1. The molecule has 2 aromatic heterocycles. The molecule has 1 saturated heterocycles. The summed E-state index contributed by atoms with van der Waals surface area (Å²) in [5, 5.41) is 0.560. The number of carbonyl (C=O) groups excluding carboxylic acids is 1. The number of amides is 1. The van der Waals surface area contributed by atoms with Gasteiger partial charge in [0.05, 0.1) is 26.8 Å². The summed E-state index contributed by atoms with van der Waals surface area (Å²) in [5.41, 5.74) is 0. The number of hydrogen-bond donors (Lipinski definition) is 0. The quantitative estimate of drug-likeness (QED) is 0.764. The Bertz CT molecular complexity index is 680. The van der Waals surface area contributed by atoms with Crippen LogP contribution in [0.2, 0.25) is 5.02 Å². The van der Waals surface area contributed by atoms with Gasteiger partial charge >= 0.3 is 0 Å². The van der Waals surface area contributed by atoms with Crippen LogP contribution in [0.3, 0.4) is 0 Å². The highest BCUT2D eigenvalue weighted by Gasteiger charge is 2.26. The lowest BCUT2D eigenvalue weighted by Gasteiger charge is -2.32. The number of morpholine rings is 1. The van der Waals surface area contributed by atoms with E-state index in [9.17, 15) is 4.79 Å². The first-order chi connectivity index (χ1) is 11.1. The molecule has 1 unspecified atom stereocenters. The second kappa shape index (κ2) is 7.61. The summed E-state index contributed by atoms with van der Waals surface area (Å²) >= 11 is 10.6. The Hall–Kier alpha value is -1.15. The molecule has 1 atom stereocenters. The first-order valence-corrected chi connectivity index (χ1v) is 9.01. The molecule has 0 aromatic carbocycles. The molecule has 8 heteroatoms. The Balaban J connectivity index is 1.55. The van der Waals surface area contributed by atoms with Gasteiger partial charge in [0, 0.05) is 18.8 Å². The molecule has 5 nitrogen and oxygen atoms in total. The van der Waals surface area contributed by atoms with Crippen molar-refractivity contribution in [1.82, 2.24) is 9.88 Å². The van der Waals surface area contributed by atoms with Crippen LogP contribution in [0.1, 0.15) is 9.67 Å². The minimum absolute atomic E-state index is 0.0265. The van der Waals surface area contributed by atoms with Crippen molar-refractivity contribution in [2.45, 2.75) is 6.10 Å². The highest BCUT2D eigenvalue weighted by molar-refractivity contribution is 9.11. The number of pyridine rings is 1. The number of halogens is 2. The summed E-state index contributed by atoms with van der Waals surface area (Å²) in [7, 11) is 0. The Kier molecular flexibility index (Phi) is 5.53. The molecule has 0 spiro atoms. The van der Waals surface area contributed by atoms with Gasteiger partial charge in [-0.05, 0) is 34.1 Å². The van der Waals surface area contributed by atoms with Crippen LogP contribution < -0.4 is 4.74 Å². The fourth-order valence-corrected chi connectivity index (χ4v) is 3.68. The van der Waals surface area contributed by atoms with Crippen molar-refractivity contribution in [3.05, 3.63) is 44.1 Å². The fraction of sp³-hybridized carbons (Fsp3) is 0.333. The average Bonchev–Trinajstić information content (AvgIpc) is 3.00. The topological polar surface area (TPSA) is 51.7 Å². The summed E-state index contributed by atoms with van der Waals surface area (Å²) in [4.78, 5) is 19.1. The van der Waals surface area contributed by atoms with Gasteiger partial charge in [-0.15, -0.1) is 11.3 Å². The number of ether oxygens (including phenoxy) is 2. The van der Waals surface area contributed by atoms with Crippen LogP contribution in [0.5, 0.6) is 5.88 Å². The van der Waals surface area contributed by atoms with Crippen LogP contribution in [0.15, 0.2) is 34.2 Å². The van der Waals surface area contributed by atoms with Gasteiger partial charge in [-0.25, -0.2) is 4.98 Å². The van der Waals surface area contributed by atoms with Gasteiger partial charge in [0.2, 0.25) is 5.88 Å². The van der Waals surface area contributed by atoms with E-state index in [0.29, 0.717) is 37.2 Å². The summed E-state index contributed by atoms with van der Waals surface area (Å²) in [6, 6.07) is 7.13. The van der Waals surface area contributed by atoms with Crippen molar-refractivity contribution >= 4 is 44.8 Å². The molecule has 23 heavy (non-hydrogen) atoms. The molecule has 2 aromatic rings. The van der Waals surface area contributed by atoms with E-state index >= 15 is 0 Å². The third-order valence-corrected chi connectivity index (χ3v) is 5.16. The van der Waals surface area contributed by atoms with E-state index in [2.05, 4.69) is 20.9 Å². The van der Waals surface area contributed by atoms with E-state index in [4.69, 9.17) is 21.1 Å². The number of hydrogen-bond acceptors (Lipinski definition) is 5. The first kappa shape index (κ1) is 16.7. The lowest BCUT2D eigenvalue weighted by atomic mass is 10.2. The zero-order valence-corrected chi connectivity index (χ0v) is 15.2. The van der Waals surface area contributed by atoms with Gasteiger partial charge in [-0.1, -0.05) is 11.6 Å². The van der Waals surface area contributed by atoms with Crippen molar-refractivity contribution in [3.8, 4) is 5.88 Å². The molecule has 1 aliphatic heterocycles. The van der Waals surface area contributed by atoms with E-state index in [0.717, 1.165) is 8.66 Å². The first-order valence-electron chi connectivity index (χ1n) is 7.02. The molecule has 3 heterocycles. The van der Waals surface area contributed by atoms with E-state index in [-0.39, 0.29) is 12.0 Å². The molecule has 1 aliphatic rings. The Labute approximate surface area is 151 Å². The Morgan fingerprint density at radius 3 is 3.04 bits per heavy atom. The maximum Gasteiger partial charge on any atom is 0.264 e. The zero-order chi connectivity index (χ0) is 16.2. The fourth-order valence-electron chi connectivity index (χ4n) is 2.22. The molecule has 1 fully saturated rings. The molecule has 122 valence electrons. The second-order valence-corrected chi connectivity index (χ2v) is 7.87. The lowest BCUT2D eigenvalue weighted by Crippen LogP contribution is -2.47. The molecular weight excluding hydrogens is 404 g/mol. The van der Waals surface area contributed by atoms with Crippen LogP contribution in [0.25, 0.3) is 0 Å². The normalized spacial score (nSPS) is 18.0. The van der Waals surface area contributed by atoms with Crippen molar-refractivity contribution in [2.75, 3.05) is 26.3 Å². The summed E-state index contributed by atoms with van der Waals surface area (Å²) < 4.78 is 12.2. The maximum absolute atomic E-state index is 12.5. The van der Waals surface area contributed by atoms with Crippen LogP contribution in [-0.2, 0) is 4.74 Å². The monoisotopic (exact) mass is 416 g/mol. The number of thiophene rings is 1. The molecule has 0 saturated carbocycles. The molecule has 3 rings (SSSR count). The molecule has 0 aliphatic carbocycles. The minimum atomic E-state index is -0.173. The predicted molar refractivity (Wildman–Crippen MR) is 92.4 cm³/mol. The van der Waals surface area contributed by atoms with Gasteiger partial charge in [-0.2, -0.15) is 0 Å². The molecule has 0 radical (unpaired) electrons. The van der Waals surface area contributed by atoms with Crippen LogP contribution >= 0.6 is 38.9 Å². The van der Waals surface area contributed by atoms with E-state index < -0.39 is 0 Å². The van der Waals surface area contributed by atoms with Crippen molar-refractivity contribution in [1.29, 1.82) is 0 Å². The Morgan fingerprint density at radius 2 is 2.35 bits per heavy atom. The number of aromatic nitrogens is 1. The summed E-state index contributed by atoms with van der Waals surface area (Å²) in [5.74, 6) is 0.516. The van der Waals surface area contributed by atoms with E-state index in [1.807, 2.05) is 12.1 Å². The standard InChI is InChI=1S/C15H14BrClN2O3S/c16-13-3-2-12(23-13)15(20)19-5-6-21-11(8-19)9-22-14-4-1-10(17)7-18-14/h1-4,7,11H,5-6,8-9H2. The van der Waals surface area contributed by atoms with E-state index in [1.54, 1.807) is 17.0 Å². The number of carbonyl (C=O) groups is 1. The Morgan fingerprint density at radius 1 is 1.48 bits per heavy atom.